The fourth-order valence-corrected chi connectivity index (χ4v) is 3.76. The molecular weight excluding hydrogens is 344 g/mol. The van der Waals surface area contributed by atoms with Crippen molar-refractivity contribution in [2.75, 3.05) is 31.7 Å². The first-order valence-electron chi connectivity index (χ1n) is 9.21. The fourth-order valence-electron chi connectivity index (χ4n) is 3.76. The topological polar surface area (TPSA) is 89.4 Å². The number of anilines is 1. The second-order valence-electron chi connectivity index (χ2n) is 6.97. The molecule has 0 aliphatic carbocycles. The molecule has 3 aromatic rings. The van der Waals surface area contributed by atoms with Crippen LogP contribution in [0.15, 0.2) is 30.6 Å². The van der Waals surface area contributed by atoms with Crippen molar-refractivity contribution in [1.29, 1.82) is 0 Å². The summed E-state index contributed by atoms with van der Waals surface area (Å²) in [4.78, 5) is 4.25. The standard InChI is InChI=1S/C20H20N4O3/c25-19-14-5-8-27-17(14)2-1-15(19)18-13-3-6-21-10-16(13)20(24-23-18)22-9-12-4-7-26-11-12/h1-3,6,10,12,25H,4-5,7-9,11H2,(H,22,24). The molecular formula is C20H20N4O3. The van der Waals surface area contributed by atoms with Gasteiger partial charge in [-0.2, -0.15) is 0 Å². The Morgan fingerprint density at radius 2 is 2.11 bits per heavy atom. The van der Waals surface area contributed by atoms with Crippen LogP contribution in [0.2, 0.25) is 0 Å². The maximum atomic E-state index is 10.7. The third kappa shape index (κ3) is 2.84. The van der Waals surface area contributed by atoms with Crippen molar-refractivity contribution in [2.24, 2.45) is 5.92 Å². The van der Waals surface area contributed by atoms with Gasteiger partial charge in [-0.15, -0.1) is 10.2 Å². The van der Waals surface area contributed by atoms with E-state index in [2.05, 4.69) is 20.5 Å². The zero-order valence-electron chi connectivity index (χ0n) is 14.8. The molecule has 1 saturated heterocycles. The van der Waals surface area contributed by atoms with Crippen LogP contribution in [0.25, 0.3) is 22.0 Å². The van der Waals surface area contributed by atoms with E-state index in [9.17, 15) is 5.11 Å². The van der Waals surface area contributed by atoms with Gasteiger partial charge >= 0.3 is 0 Å². The molecule has 0 bridgehead atoms. The third-order valence-corrected chi connectivity index (χ3v) is 5.27. The highest BCUT2D eigenvalue weighted by Crippen LogP contribution is 2.41. The minimum Gasteiger partial charge on any atom is -0.507 e. The van der Waals surface area contributed by atoms with Crippen LogP contribution in [0.5, 0.6) is 11.5 Å². The molecule has 0 saturated carbocycles. The van der Waals surface area contributed by atoms with E-state index < -0.39 is 0 Å². The van der Waals surface area contributed by atoms with Crippen LogP contribution in [0.1, 0.15) is 12.0 Å². The summed E-state index contributed by atoms with van der Waals surface area (Å²) in [5.74, 6) is 2.16. The number of fused-ring (bicyclic) bond motifs is 2. The number of aromatic nitrogens is 3. The second-order valence-corrected chi connectivity index (χ2v) is 6.97. The maximum absolute atomic E-state index is 10.7. The highest BCUT2D eigenvalue weighted by atomic mass is 16.5. The summed E-state index contributed by atoms with van der Waals surface area (Å²) in [5, 5.41) is 24.8. The highest BCUT2D eigenvalue weighted by Gasteiger charge is 2.22. The van der Waals surface area contributed by atoms with Crippen molar-refractivity contribution in [3.8, 4) is 22.8 Å². The van der Waals surface area contributed by atoms with Gasteiger partial charge in [0.05, 0.1) is 13.2 Å². The van der Waals surface area contributed by atoms with Gasteiger partial charge in [0.2, 0.25) is 0 Å². The SMILES string of the molecule is Oc1c(-c2nnc(NCC3CCOC3)c3cnccc23)ccc2c1CCO2. The monoisotopic (exact) mass is 364 g/mol. The summed E-state index contributed by atoms with van der Waals surface area (Å²) in [7, 11) is 0. The molecule has 138 valence electrons. The van der Waals surface area contributed by atoms with Gasteiger partial charge < -0.3 is 19.9 Å². The zero-order chi connectivity index (χ0) is 18.2. The molecule has 0 radical (unpaired) electrons. The summed E-state index contributed by atoms with van der Waals surface area (Å²) in [6.45, 7) is 2.98. The summed E-state index contributed by atoms with van der Waals surface area (Å²) in [6, 6.07) is 5.64. The van der Waals surface area contributed by atoms with Crippen LogP contribution < -0.4 is 10.1 Å². The number of nitrogens with one attached hydrogen (secondary N) is 1. The Hall–Kier alpha value is -2.93. The second kappa shape index (κ2) is 6.66. The first-order chi connectivity index (χ1) is 13.3. The summed E-state index contributed by atoms with van der Waals surface area (Å²) < 4.78 is 11.0. The molecule has 1 fully saturated rings. The number of ether oxygens (including phenoxy) is 2. The number of rotatable bonds is 4. The Labute approximate surface area is 156 Å². The van der Waals surface area contributed by atoms with Gasteiger partial charge in [0.25, 0.3) is 0 Å². The molecule has 0 amide bonds. The Morgan fingerprint density at radius 3 is 3.00 bits per heavy atom. The summed E-state index contributed by atoms with van der Waals surface area (Å²) in [5.41, 5.74) is 2.15. The zero-order valence-corrected chi connectivity index (χ0v) is 14.8. The van der Waals surface area contributed by atoms with E-state index in [4.69, 9.17) is 9.47 Å². The van der Waals surface area contributed by atoms with E-state index in [1.165, 1.54) is 0 Å². The number of nitrogens with zero attached hydrogens (tertiary/aromatic N) is 3. The minimum atomic E-state index is 0.223. The Morgan fingerprint density at radius 1 is 1.15 bits per heavy atom. The molecule has 1 atom stereocenters. The van der Waals surface area contributed by atoms with E-state index in [0.717, 1.165) is 48.3 Å². The number of benzene rings is 1. The average molecular weight is 364 g/mol. The first kappa shape index (κ1) is 16.3. The molecule has 2 aliphatic rings. The van der Waals surface area contributed by atoms with E-state index in [1.54, 1.807) is 12.4 Å². The van der Waals surface area contributed by atoms with E-state index >= 15 is 0 Å². The fraction of sp³-hybridized carbons (Fsp3) is 0.350. The predicted molar refractivity (Wildman–Crippen MR) is 101 cm³/mol. The largest absolute Gasteiger partial charge is 0.507 e. The Balaban J connectivity index is 1.55. The van der Waals surface area contributed by atoms with Crippen molar-refractivity contribution >= 4 is 16.6 Å². The number of aromatic hydroxyl groups is 1. The van der Waals surface area contributed by atoms with E-state index in [0.29, 0.717) is 36.0 Å². The van der Waals surface area contributed by atoms with Crippen LogP contribution in [0, 0.1) is 5.92 Å². The van der Waals surface area contributed by atoms with Crippen molar-refractivity contribution in [1.82, 2.24) is 15.2 Å². The molecule has 1 aromatic carbocycles. The lowest BCUT2D eigenvalue weighted by atomic mass is 10.0. The molecule has 7 nitrogen and oxygen atoms in total. The molecule has 27 heavy (non-hydrogen) atoms. The van der Waals surface area contributed by atoms with Gasteiger partial charge in [0.15, 0.2) is 5.82 Å². The van der Waals surface area contributed by atoms with E-state index in [-0.39, 0.29) is 5.75 Å². The summed E-state index contributed by atoms with van der Waals surface area (Å²) in [6.07, 6.45) is 5.27. The smallest absolute Gasteiger partial charge is 0.158 e. The van der Waals surface area contributed by atoms with Gasteiger partial charge in [-0.1, -0.05) is 0 Å². The molecule has 4 heterocycles. The van der Waals surface area contributed by atoms with Crippen LogP contribution in [-0.2, 0) is 11.2 Å². The Bertz CT molecular complexity index is 1000. The number of pyridine rings is 1. The van der Waals surface area contributed by atoms with Crippen molar-refractivity contribution < 1.29 is 14.6 Å². The van der Waals surface area contributed by atoms with Crippen LogP contribution in [-0.4, -0.2) is 46.7 Å². The Kier molecular flexibility index (Phi) is 4.01. The number of phenols is 1. The van der Waals surface area contributed by atoms with Gasteiger partial charge in [0.1, 0.15) is 17.2 Å². The molecule has 2 aromatic heterocycles. The van der Waals surface area contributed by atoms with Crippen molar-refractivity contribution in [2.45, 2.75) is 12.8 Å². The maximum Gasteiger partial charge on any atom is 0.158 e. The molecule has 7 heteroatoms. The highest BCUT2D eigenvalue weighted by molar-refractivity contribution is 6.00. The molecule has 0 spiro atoms. The molecule has 5 rings (SSSR count). The van der Waals surface area contributed by atoms with E-state index in [1.807, 2.05) is 18.2 Å². The number of hydrogen-bond acceptors (Lipinski definition) is 7. The van der Waals surface area contributed by atoms with Crippen LogP contribution in [0.3, 0.4) is 0 Å². The quantitative estimate of drug-likeness (QED) is 0.736. The number of hydrogen-bond donors (Lipinski definition) is 2. The molecule has 1 unspecified atom stereocenters. The lowest BCUT2D eigenvalue weighted by Crippen LogP contribution is -2.15. The van der Waals surface area contributed by atoms with Crippen molar-refractivity contribution in [3.63, 3.8) is 0 Å². The van der Waals surface area contributed by atoms with Crippen molar-refractivity contribution in [3.05, 3.63) is 36.2 Å². The minimum absolute atomic E-state index is 0.223. The third-order valence-electron chi connectivity index (χ3n) is 5.27. The lowest BCUT2D eigenvalue weighted by molar-refractivity contribution is 0.187. The summed E-state index contributed by atoms with van der Waals surface area (Å²) >= 11 is 0. The predicted octanol–water partition coefficient (Wildman–Crippen LogP) is 2.78. The van der Waals surface area contributed by atoms with Gasteiger partial charge in [-0.05, 0) is 24.6 Å². The van der Waals surface area contributed by atoms with Gasteiger partial charge in [-0.3, -0.25) is 4.98 Å². The normalized spacial score (nSPS) is 18.4. The van der Waals surface area contributed by atoms with Gasteiger partial charge in [-0.25, -0.2) is 0 Å². The van der Waals surface area contributed by atoms with Gasteiger partial charge in [0, 0.05) is 59.8 Å². The van der Waals surface area contributed by atoms with Crippen LogP contribution in [0.4, 0.5) is 5.82 Å². The number of phenolic OH excluding ortho intramolecular Hbond substituents is 1. The molecule has 2 aliphatic heterocycles. The lowest BCUT2D eigenvalue weighted by Gasteiger charge is -2.14. The average Bonchev–Trinajstić information content (AvgIpc) is 3.39. The first-order valence-corrected chi connectivity index (χ1v) is 9.21. The van der Waals surface area contributed by atoms with Crippen LogP contribution >= 0.6 is 0 Å². The molecule has 2 N–H and O–H groups in total.